The van der Waals surface area contributed by atoms with E-state index in [0.29, 0.717) is 6.54 Å². The average Bonchev–Trinajstić information content (AvgIpc) is 2.59. The Bertz CT molecular complexity index is 743. The van der Waals surface area contributed by atoms with Crippen LogP contribution in [0.4, 0.5) is 0 Å². The molecule has 0 radical (unpaired) electrons. The van der Waals surface area contributed by atoms with Gasteiger partial charge in [-0.25, -0.2) is 4.79 Å². The van der Waals surface area contributed by atoms with Crippen LogP contribution >= 0.6 is 0 Å². The van der Waals surface area contributed by atoms with Gasteiger partial charge in [0, 0.05) is 6.54 Å². The summed E-state index contributed by atoms with van der Waals surface area (Å²) in [6.07, 6.45) is -0.948. The van der Waals surface area contributed by atoms with Gasteiger partial charge in [-0.2, -0.15) is 0 Å². The maximum atomic E-state index is 12.1. The van der Waals surface area contributed by atoms with Crippen LogP contribution in [0.25, 0.3) is 0 Å². The molecule has 0 bridgehead atoms. The van der Waals surface area contributed by atoms with Crippen molar-refractivity contribution in [2.45, 2.75) is 32.8 Å². The molecule has 2 aromatic rings. The first-order chi connectivity index (χ1) is 11.9. The molecule has 0 aliphatic carbocycles. The minimum atomic E-state index is -0.948. The van der Waals surface area contributed by atoms with Gasteiger partial charge in [0.25, 0.3) is 5.91 Å². The summed E-state index contributed by atoms with van der Waals surface area (Å²) in [5.74, 6) is -1.11. The van der Waals surface area contributed by atoms with Crippen LogP contribution in [0, 0.1) is 6.92 Å². The van der Waals surface area contributed by atoms with Crippen LogP contribution in [0.5, 0.6) is 5.75 Å². The number of carbonyl (C=O) groups excluding carboxylic acids is 2. The standard InChI is InChI=1S/C20H23NO4/c1-13-9-10-17(18(22)11-13)20(24)25-15(3)19(23)21-12-14(2)16-7-5-4-6-8-16/h4-11,14-15,22H,12H2,1-3H3,(H,21,23)/t14-,15+/m0/s1. The first-order valence-corrected chi connectivity index (χ1v) is 8.21. The number of amides is 1. The summed E-state index contributed by atoms with van der Waals surface area (Å²) in [5.41, 5.74) is 2.00. The van der Waals surface area contributed by atoms with Crippen molar-refractivity contribution in [1.82, 2.24) is 5.32 Å². The van der Waals surface area contributed by atoms with E-state index in [4.69, 9.17) is 4.74 Å². The van der Waals surface area contributed by atoms with Gasteiger partial charge in [-0.15, -0.1) is 0 Å². The molecule has 0 aromatic heterocycles. The Labute approximate surface area is 147 Å². The maximum absolute atomic E-state index is 12.1. The number of hydrogen-bond acceptors (Lipinski definition) is 4. The van der Waals surface area contributed by atoms with Gasteiger partial charge < -0.3 is 15.2 Å². The van der Waals surface area contributed by atoms with Crippen LogP contribution in [0.15, 0.2) is 48.5 Å². The number of carbonyl (C=O) groups is 2. The largest absolute Gasteiger partial charge is 0.507 e. The molecular weight excluding hydrogens is 318 g/mol. The summed E-state index contributed by atoms with van der Waals surface area (Å²) >= 11 is 0. The number of ether oxygens (including phenoxy) is 1. The van der Waals surface area contributed by atoms with Gasteiger partial charge in [-0.1, -0.05) is 43.3 Å². The minimum Gasteiger partial charge on any atom is -0.507 e. The fourth-order valence-corrected chi connectivity index (χ4v) is 2.39. The number of aromatic hydroxyl groups is 1. The van der Waals surface area contributed by atoms with E-state index in [1.165, 1.54) is 19.1 Å². The molecule has 0 aliphatic heterocycles. The van der Waals surface area contributed by atoms with E-state index >= 15 is 0 Å². The Kier molecular flexibility index (Phi) is 6.17. The first kappa shape index (κ1) is 18.5. The molecule has 2 aromatic carbocycles. The normalized spacial score (nSPS) is 12.9. The van der Waals surface area contributed by atoms with Crippen molar-refractivity contribution in [2.75, 3.05) is 6.54 Å². The third-order valence-corrected chi connectivity index (χ3v) is 3.98. The zero-order valence-corrected chi connectivity index (χ0v) is 14.7. The zero-order chi connectivity index (χ0) is 18.4. The molecule has 25 heavy (non-hydrogen) atoms. The fourth-order valence-electron chi connectivity index (χ4n) is 2.39. The van der Waals surface area contributed by atoms with Crippen molar-refractivity contribution in [3.8, 4) is 5.75 Å². The van der Waals surface area contributed by atoms with E-state index in [1.54, 1.807) is 13.0 Å². The van der Waals surface area contributed by atoms with Crippen molar-refractivity contribution in [3.63, 3.8) is 0 Å². The molecule has 0 heterocycles. The second-order valence-corrected chi connectivity index (χ2v) is 6.13. The van der Waals surface area contributed by atoms with E-state index in [9.17, 15) is 14.7 Å². The quantitative estimate of drug-likeness (QED) is 0.791. The predicted octanol–water partition coefficient (Wildman–Crippen LogP) is 3.17. The molecule has 2 N–H and O–H groups in total. The molecular formula is C20H23NO4. The lowest BCUT2D eigenvalue weighted by Crippen LogP contribution is -2.37. The van der Waals surface area contributed by atoms with E-state index in [-0.39, 0.29) is 23.1 Å². The molecule has 0 unspecified atom stereocenters. The van der Waals surface area contributed by atoms with E-state index in [2.05, 4.69) is 5.32 Å². The molecule has 0 spiro atoms. The van der Waals surface area contributed by atoms with Crippen LogP contribution in [0.1, 0.15) is 41.3 Å². The lowest BCUT2D eigenvalue weighted by Gasteiger charge is -2.17. The number of nitrogens with one attached hydrogen (secondary N) is 1. The van der Waals surface area contributed by atoms with Gasteiger partial charge in [0.2, 0.25) is 0 Å². The van der Waals surface area contributed by atoms with Crippen LogP contribution in [0.2, 0.25) is 0 Å². The van der Waals surface area contributed by atoms with Gasteiger partial charge in [0.15, 0.2) is 6.10 Å². The highest BCUT2D eigenvalue weighted by Crippen LogP contribution is 2.20. The lowest BCUT2D eigenvalue weighted by atomic mass is 10.0. The molecule has 0 aliphatic rings. The molecule has 2 rings (SSSR count). The van der Waals surface area contributed by atoms with Crippen LogP contribution < -0.4 is 5.32 Å². The van der Waals surface area contributed by atoms with Gasteiger partial charge in [0.1, 0.15) is 11.3 Å². The number of esters is 1. The van der Waals surface area contributed by atoms with Crippen LogP contribution in [-0.4, -0.2) is 29.6 Å². The number of rotatable bonds is 6. The number of benzene rings is 2. The summed E-state index contributed by atoms with van der Waals surface area (Å²) in [4.78, 5) is 24.2. The molecule has 0 saturated carbocycles. The zero-order valence-electron chi connectivity index (χ0n) is 14.7. The fraction of sp³-hybridized carbons (Fsp3) is 0.300. The third-order valence-electron chi connectivity index (χ3n) is 3.98. The maximum Gasteiger partial charge on any atom is 0.342 e. The Balaban J connectivity index is 1.88. The van der Waals surface area contributed by atoms with Crippen molar-refractivity contribution in [1.29, 1.82) is 0 Å². The van der Waals surface area contributed by atoms with E-state index < -0.39 is 12.1 Å². The second-order valence-electron chi connectivity index (χ2n) is 6.13. The summed E-state index contributed by atoms with van der Waals surface area (Å²) in [7, 11) is 0. The first-order valence-electron chi connectivity index (χ1n) is 8.21. The minimum absolute atomic E-state index is 0.0444. The Morgan fingerprint density at radius 2 is 1.80 bits per heavy atom. The van der Waals surface area contributed by atoms with Crippen molar-refractivity contribution < 1.29 is 19.4 Å². The highest BCUT2D eigenvalue weighted by atomic mass is 16.5. The number of aryl methyl sites for hydroxylation is 1. The Hall–Kier alpha value is -2.82. The summed E-state index contributed by atoms with van der Waals surface area (Å²) < 4.78 is 5.15. The van der Waals surface area contributed by atoms with Gasteiger partial charge in [0.05, 0.1) is 0 Å². The third kappa shape index (κ3) is 5.08. The van der Waals surface area contributed by atoms with E-state index in [1.807, 2.05) is 37.3 Å². The molecule has 2 atom stereocenters. The molecule has 1 amide bonds. The predicted molar refractivity (Wildman–Crippen MR) is 95.6 cm³/mol. The van der Waals surface area contributed by atoms with Crippen molar-refractivity contribution in [3.05, 3.63) is 65.2 Å². The number of phenolic OH excluding ortho intramolecular Hbond substituents is 1. The highest BCUT2D eigenvalue weighted by Gasteiger charge is 2.21. The summed E-state index contributed by atoms with van der Waals surface area (Å²) in [5, 5.41) is 12.6. The Morgan fingerprint density at radius 1 is 1.12 bits per heavy atom. The lowest BCUT2D eigenvalue weighted by molar-refractivity contribution is -0.129. The second kappa shape index (κ2) is 8.33. The molecule has 0 fully saturated rings. The molecule has 0 saturated heterocycles. The van der Waals surface area contributed by atoms with Crippen molar-refractivity contribution in [2.24, 2.45) is 0 Å². The van der Waals surface area contributed by atoms with Crippen molar-refractivity contribution >= 4 is 11.9 Å². The summed E-state index contributed by atoms with van der Waals surface area (Å²) in [6.45, 7) is 5.77. The highest BCUT2D eigenvalue weighted by molar-refractivity contribution is 5.94. The Morgan fingerprint density at radius 3 is 2.44 bits per heavy atom. The average molecular weight is 341 g/mol. The molecule has 132 valence electrons. The van der Waals surface area contributed by atoms with Crippen LogP contribution in [0.3, 0.4) is 0 Å². The number of phenols is 1. The molecule has 5 nitrogen and oxygen atoms in total. The smallest absolute Gasteiger partial charge is 0.342 e. The van der Waals surface area contributed by atoms with Gasteiger partial charge >= 0.3 is 5.97 Å². The van der Waals surface area contributed by atoms with Gasteiger partial charge in [-0.05, 0) is 43.0 Å². The SMILES string of the molecule is Cc1ccc(C(=O)O[C@H](C)C(=O)NC[C@H](C)c2ccccc2)c(O)c1. The molecule has 5 heteroatoms. The van der Waals surface area contributed by atoms with Crippen LogP contribution in [-0.2, 0) is 9.53 Å². The van der Waals surface area contributed by atoms with Gasteiger partial charge in [-0.3, -0.25) is 4.79 Å². The topological polar surface area (TPSA) is 75.6 Å². The monoisotopic (exact) mass is 341 g/mol. The number of hydrogen-bond donors (Lipinski definition) is 2. The summed E-state index contributed by atoms with van der Waals surface area (Å²) in [6, 6.07) is 14.5. The van der Waals surface area contributed by atoms with E-state index in [0.717, 1.165) is 11.1 Å².